The van der Waals surface area contributed by atoms with Crippen LogP contribution in [0, 0.1) is 10.1 Å². The Kier molecular flexibility index (Phi) is 5.10. The lowest BCUT2D eigenvalue weighted by atomic mass is 10.2. The van der Waals surface area contributed by atoms with Crippen LogP contribution in [0.25, 0.3) is 0 Å². The Morgan fingerprint density at radius 1 is 1.27 bits per heavy atom. The van der Waals surface area contributed by atoms with Crippen molar-refractivity contribution in [2.75, 3.05) is 29.0 Å². The van der Waals surface area contributed by atoms with E-state index in [1.165, 1.54) is 0 Å². The van der Waals surface area contributed by atoms with Crippen molar-refractivity contribution in [3.05, 3.63) is 39.4 Å². The number of nitrogens with two attached hydrogens (primary N) is 1. The first-order valence-electron chi connectivity index (χ1n) is 8.08. The summed E-state index contributed by atoms with van der Waals surface area (Å²) in [4.78, 5) is 21.1. The summed E-state index contributed by atoms with van der Waals surface area (Å²) in [5, 5.41) is 15.1. The normalized spacial score (nSPS) is 20.0. The molecule has 1 aliphatic rings. The predicted octanol–water partition coefficient (Wildman–Crippen LogP) is 2.98. The third-order valence-corrected chi connectivity index (χ3v) is 4.15. The van der Waals surface area contributed by atoms with Gasteiger partial charge in [0.15, 0.2) is 0 Å². The first kappa shape index (κ1) is 18.2. The van der Waals surface area contributed by atoms with Crippen LogP contribution in [-0.4, -0.2) is 40.2 Å². The topological polar surface area (TPSA) is 119 Å². The fraction of sp³-hybridized carbons (Fsp3) is 0.375. The molecule has 0 aliphatic carbocycles. The standard InChI is InChI=1S/C16H19ClN6O3/c1-9-7-22(8-10(2)26-9)15-13(23(24)25)14(18)20-16(21-15)19-12-5-3-11(17)4-6-12/h3-6,9-10H,7-8H2,1-2H3,(H3,18,19,20,21)/t9-,10+. The summed E-state index contributed by atoms with van der Waals surface area (Å²) in [6.45, 7) is 4.77. The van der Waals surface area contributed by atoms with Crippen molar-refractivity contribution in [1.82, 2.24) is 9.97 Å². The molecule has 2 heterocycles. The highest BCUT2D eigenvalue weighted by molar-refractivity contribution is 6.30. The summed E-state index contributed by atoms with van der Waals surface area (Å²) < 4.78 is 5.69. The van der Waals surface area contributed by atoms with Crippen LogP contribution in [0.15, 0.2) is 24.3 Å². The Balaban J connectivity index is 1.99. The molecule has 1 aliphatic heterocycles. The monoisotopic (exact) mass is 378 g/mol. The zero-order valence-electron chi connectivity index (χ0n) is 14.3. The van der Waals surface area contributed by atoms with Crippen molar-refractivity contribution in [3.8, 4) is 0 Å². The van der Waals surface area contributed by atoms with Crippen LogP contribution >= 0.6 is 11.6 Å². The average Bonchev–Trinajstić information content (AvgIpc) is 2.55. The van der Waals surface area contributed by atoms with Crippen LogP contribution in [-0.2, 0) is 4.74 Å². The fourth-order valence-corrected chi connectivity index (χ4v) is 3.05. The van der Waals surface area contributed by atoms with Gasteiger partial charge in [0.05, 0.1) is 17.1 Å². The van der Waals surface area contributed by atoms with Gasteiger partial charge in [-0.3, -0.25) is 10.1 Å². The second-order valence-electron chi connectivity index (χ2n) is 6.16. The third-order valence-electron chi connectivity index (χ3n) is 3.89. The van der Waals surface area contributed by atoms with Crippen molar-refractivity contribution < 1.29 is 9.66 Å². The molecule has 0 unspecified atom stereocenters. The van der Waals surface area contributed by atoms with Gasteiger partial charge in [-0.2, -0.15) is 9.97 Å². The summed E-state index contributed by atoms with van der Waals surface area (Å²) in [5.74, 6) is 0.168. The van der Waals surface area contributed by atoms with Crippen LogP contribution in [0.1, 0.15) is 13.8 Å². The van der Waals surface area contributed by atoms with Crippen LogP contribution < -0.4 is 16.0 Å². The lowest BCUT2D eigenvalue weighted by Crippen LogP contribution is -2.46. The van der Waals surface area contributed by atoms with Gasteiger partial charge >= 0.3 is 5.69 Å². The summed E-state index contributed by atoms with van der Waals surface area (Å²) in [6.07, 6.45) is -0.163. The number of benzene rings is 1. The minimum absolute atomic E-state index is 0.0813. The van der Waals surface area contributed by atoms with Crippen molar-refractivity contribution in [1.29, 1.82) is 0 Å². The largest absolute Gasteiger partial charge is 0.378 e. The van der Waals surface area contributed by atoms with Crippen LogP contribution in [0.2, 0.25) is 5.02 Å². The van der Waals surface area contributed by atoms with Crippen LogP contribution in [0.3, 0.4) is 0 Å². The van der Waals surface area contributed by atoms with E-state index in [4.69, 9.17) is 22.1 Å². The van der Waals surface area contributed by atoms with Gasteiger partial charge in [0, 0.05) is 23.8 Å². The van der Waals surface area contributed by atoms with Crippen molar-refractivity contribution in [2.45, 2.75) is 26.1 Å². The van der Waals surface area contributed by atoms with E-state index in [2.05, 4.69) is 15.3 Å². The first-order chi connectivity index (χ1) is 12.3. The number of anilines is 4. The Morgan fingerprint density at radius 2 is 1.88 bits per heavy atom. The Hall–Kier alpha value is -2.65. The van der Waals surface area contributed by atoms with Gasteiger partial charge in [-0.15, -0.1) is 0 Å². The molecule has 3 rings (SSSR count). The Morgan fingerprint density at radius 3 is 2.46 bits per heavy atom. The summed E-state index contributed by atoms with van der Waals surface area (Å²) >= 11 is 5.88. The average molecular weight is 379 g/mol. The maximum absolute atomic E-state index is 11.5. The fourth-order valence-electron chi connectivity index (χ4n) is 2.92. The molecule has 0 spiro atoms. The predicted molar refractivity (Wildman–Crippen MR) is 100 cm³/mol. The third kappa shape index (κ3) is 3.94. The van der Waals surface area contributed by atoms with Gasteiger partial charge in [0.1, 0.15) is 0 Å². The number of nitro groups is 1. The molecule has 26 heavy (non-hydrogen) atoms. The number of hydrogen-bond donors (Lipinski definition) is 2. The number of nitrogen functional groups attached to an aromatic ring is 1. The highest BCUT2D eigenvalue weighted by Crippen LogP contribution is 2.34. The molecule has 0 amide bonds. The molecule has 1 aromatic carbocycles. The highest BCUT2D eigenvalue weighted by Gasteiger charge is 2.32. The van der Waals surface area contributed by atoms with Gasteiger partial charge in [0.25, 0.3) is 0 Å². The lowest BCUT2D eigenvalue weighted by molar-refractivity contribution is -0.383. The molecular formula is C16H19ClN6O3. The Bertz CT molecular complexity index is 806. The molecule has 0 bridgehead atoms. The van der Waals surface area contributed by atoms with Gasteiger partial charge < -0.3 is 20.7 Å². The number of nitrogens with one attached hydrogen (secondary N) is 1. The van der Waals surface area contributed by atoms with Crippen molar-refractivity contribution >= 4 is 40.6 Å². The number of hydrogen-bond acceptors (Lipinski definition) is 8. The van der Waals surface area contributed by atoms with Crippen molar-refractivity contribution in [2.24, 2.45) is 0 Å². The van der Waals surface area contributed by atoms with Crippen LogP contribution in [0.4, 0.5) is 29.0 Å². The summed E-state index contributed by atoms with van der Waals surface area (Å²) in [5.41, 5.74) is 6.26. The molecule has 0 saturated carbocycles. The minimum atomic E-state index is -0.554. The molecule has 1 aromatic heterocycles. The molecule has 1 saturated heterocycles. The van der Waals surface area contributed by atoms with E-state index in [-0.39, 0.29) is 35.5 Å². The molecule has 3 N–H and O–H groups in total. The lowest BCUT2D eigenvalue weighted by Gasteiger charge is -2.35. The molecule has 9 nitrogen and oxygen atoms in total. The van der Waals surface area contributed by atoms with Gasteiger partial charge in [-0.05, 0) is 38.1 Å². The molecule has 10 heteroatoms. The van der Waals surface area contributed by atoms with Crippen molar-refractivity contribution in [3.63, 3.8) is 0 Å². The van der Waals surface area contributed by atoms with Crippen LogP contribution in [0.5, 0.6) is 0 Å². The second kappa shape index (κ2) is 7.30. The first-order valence-corrected chi connectivity index (χ1v) is 8.46. The van der Waals surface area contributed by atoms with Gasteiger partial charge in [0.2, 0.25) is 17.6 Å². The van der Waals surface area contributed by atoms with E-state index in [0.29, 0.717) is 23.8 Å². The highest BCUT2D eigenvalue weighted by atomic mass is 35.5. The number of rotatable bonds is 4. The van der Waals surface area contributed by atoms with E-state index < -0.39 is 4.92 Å². The summed E-state index contributed by atoms with van der Waals surface area (Å²) in [7, 11) is 0. The Labute approximate surface area is 155 Å². The number of ether oxygens (including phenoxy) is 1. The maximum Gasteiger partial charge on any atom is 0.353 e. The summed E-state index contributed by atoms with van der Waals surface area (Å²) in [6, 6.07) is 6.93. The SMILES string of the molecule is C[C@@H]1CN(c2nc(Nc3ccc(Cl)cc3)nc(N)c2[N+](=O)[O-])C[C@H](C)O1. The number of nitrogens with zero attached hydrogens (tertiary/aromatic N) is 4. The zero-order chi connectivity index (χ0) is 18.8. The molecule has 1 fully saturated rings. The zero-order valence-corrected chi connectivity index (χ0v) is 15.1. The number of halogens is 1. The van der Waals surface area contributed by atoms with E-state index >= 15 is 0 Å². The number of aromatic nitrogens is 2. The molecular weight excluding hydrogens is 360 g/mol. The van der Waals surface area contributed by atoms with Gasteiger partial charge in [-0.25, -0.2) is 0 Å². The molecule has 2 aromatic rings. The maximum atomic E-state index is 11.5. The van der Waals surface area contributed by atoms with E-state index in [0.717, 1.165) is 0 Å². The van der Waals surface area contributed by atoms with Gasteiger partial charge in [-0.1, -0.05) is 11.6 Å². The molecule has 138 valence electrons. The van der Waals surface area contributed by atoms with E-state index in [1.54, 1.807) is 24.3 Å². The van der Waals surface area contributed by atoms with E-state index in [1.807, 2.05) is 18.7 Å². The smallest absolute Gasteiger partial charge is 0.353 e. The number of morpholine rings is 1. The molecule has 0 radical (unpaired) electrons. The molecule has 2 atom stereocenters. The quantitative estimate of drug-likeness (QED) is 0.615. The minimum Gasteiger partial charge on any atom is -0.378 e. The van der Waals surface area contributed by atoms with E-state index in [9.17, 15) is 10.1 Å². The second-order valence-corrected chi connectivity index (χ2v) is 6.59.